The Morgan fingerprint density at radius 2 is 1.56 bits per heavy atom. The molecule has 8 heteroatoms. The van der Waals surface area contributed by atoms with Gasteiger partial charge in [0.05, 0.1) is 23.1 Å². The van der Waals surface area contributed by atoms with Gasteiger partial charge >= 0.3 is 5.97 Å². The normalized spacial score (nSPS) is 29.5. The summed E-state index contributed by atoms with van der Waals surface area (Å²) in [4.78, 5) is 53.7. The highest BCUT2D eigenvalue weighted by Crippen LogP contribution is 2.60. The van der Waals surface area contributed by atoms with E-state index >= 15 is 0 Å². The Morgan fingerprint density at radius 1 is 0.941 bits per heavy atom. The molecule has 3 aliphatic rings. The second-order valence-corrected chi connectivity index (χ2v) is 11.4. The molecule has 0 N–H and O–H groups in total. The zero-order chi connectivity index (χ0) is 24.3. The van der Waals surface area contributed by atoms with Crippen LogP contribution in [0.5, 0.6) is 0 Å². The first-order chi connectivity index (χ1) is 16.2. The molecular formula is C26H23Br2NO5. The summed E-state index contributed by atoms with van der Waals surface area (Å²) in [5, 5.41) is 0. The van der Waals surface area contributed by atoms with E-state index in [2.05, 4.69) is 31.9 Å². The lowest BCUT2D eigenvalue weighted by Gasteiger charge is -2.28. The number of anilines is 1. The van der Waals surface area contributed by atoms with Crippen LogP contribution in [0.3, 0.4) is 0 Å². The van der Waals surface area contributed by atoms with Gasteiger partial charge in [0.25, 0.3) is 0 Å². The summed E-state index contributed by atoms with van der Waals surface area (Å²) < 4.78 is 5.32. The quantitative estimate of drug-likeness (QED) is 0.220. The van der Waals surface area contributed by atoms with Crippen LogP contribution in [-0.2, 0) is 14.3 Å². The predicted molar refractivity (Wildman–Crippen MR) is 133 cm³/mol. The summed E-state index contributed by atoms with van der Waals surface area (Å²) in [6, 6.07) is 11.7. The first-order valence-electron chi connectivity index (χ1n) is 11.2. The molecule has 0 aromatic heterocycles. The van der Waals surface area contributed by atoms with E-state index in [9.17, 15) is 19.2 Å². The number of hydrogen-bond acceptors (Lipinski definition) is 5. The molecule has 2 amide bonds. The maximum atomic E-state index is 13.4. The number of fused-ring (bicyclic) bond motifs is 5. The van der Waals surface area contributed by atoms with E-state index in [1.807, 2.05) is 19.9 Å². The number of hydrogen-bond donors (Lipinski definition) is 0. The van der Waals surface area contributed by atoms with E-state index in [1.165, 1.54) is 6.07 Å². The number of para-hydroxylation sites is 1. The number of carbonyl (C=O) groups excluding carboxylic acids is 4. The summed E-state index contributed by atoms with van der Waals surface area (Å²) in [6.45, 7) is 3.44. The number of Topliss-reactive ketones (excluding diaryl/α,β-unsaturated/α-hetero) is 1. The summed E-state index contributed by atoms with van der Waals surface area (Å²) in [5.41, 5.74) is 2.82. The zero-order valence-corrected chi connectivity index (χ0v) is 21.8. The van der Waals surface area contributed by atoms with Gasteiger partial charge in [0.1, 0.15) is 0 Å². The molecule has 0 unspecified atom stereocenters. The monoisotopic (exact) mass is 587 g/mol. The van der Waals surface area contributed by atoms with Crippen molar-refractivity contribution in [3.8, 4) is 0 Å². The van der Waals surface area contributed by atoms with Crippen LogP contribution in [0.15, 0.2) is 42.5 Å². The van der Waals surface area contributed by atoms with Gasteiger partial charge in [-0.1, -0.05) is 56.1 Å². The second kappa shape index (κ2) is 8.72. The topological polar surface area (TPSA) is 80.8 Å². The van der Waals surface area contributed by atoms with Crippen LogP contribution in [0.25, 0.3) is 0 Å². The number of ether oxygens (including phenoxy) is 1. The van der Waals surface area contributed by atoms with Gasteiger partial charge in [-0.25, -0.2) is 9.69 Å². The van der Waals surface area contributed by atoms with Crippen LogP contribution in [0.2, 0.25) is 0 Å². The molecule has 0 spiro atoms. The van der Waals surface area contributed by atoms with Gasteiger partial charge in [0.15, 0.2) is 12.4 Å². The molecule has 1 heterocycles. The Hall–Kier alpha value is -2.32. The zero-order valence-electron chi connectivity index (χ0n) is 18.7. The fourth-order valence-electron chi connectivity index (χ4n) is 5.63. The molecule has 2 saturated carbocycles. The van der Waals surface area contributed by atoms with Crippen molar-refractivity contribution in [3.05, 3.63) is 64.7 Å². The minimum absolute atomic E-state index is 0.0792. The number of esters is 1. The fraction of sp³-hybridized carbons (Fsp3) is 0.385. The van der Waals surface area contributed by atoms with E-state index in [-0.39, 0.29) is 62.2 Å². The van der Waals surface area contributed by atoms with E-state index in [1.54, 1.807) is 30.3 Å². The first-order valence-corrected chi connectivity index (χ1v) is 13.1. The predicted octanol–water partition coefficient (Wildman–Crippen LogP) is 4.63. The van der Waals surface area contributed by atoms with Gasteiger partial charge in [0.2, 0.25) is 11.8 Å². The summed E-state index contributed by atoms with van der Waals surface area (Å²) in [6.07, 6.45) is 0.830. The Labute approximate surface area is 214 Å². The molecule has 34 heavy (non-hydrogen) atoms. The Bertz CT molecular complexity index is 1200. The van der Waals surface area contributed by atoms with Crippen molar-refractivity contribution >= 4 is 61.1 Å². The molecule has 1 saturated heterocycles. The van der Waals surface area contributed by atoms with Crippen LogP contribution in [-0.4, -0.2) is 39.8 Å². The standard InChI is InChI=1S/C26H23Br2NO5/c1-12-7-8-14(9-13(12)2)19(30)11-34-26(33)15-5-3-4-6-18(15)29-24(31)20-16-10-17(21(20)25(29)32)23(28)22(16)27/h3-9,16-17,20-23H,10-11H2,1-2H3/t16-,17+,20-,21+,22-,23+. The molecule has 2 aromatic carbocycles. The van der Waals surface area contributed by atoms with E-state index in [0.29, 0.717) is 5.56 Å². The number of benzene rings is 2. The highest BCUT2D eigenvalue weighted by Gasteiger charge is 2.66. The number of imide groups is 1. The van der Waals surface area contributed by atoms with Crippen molar-refractivity contribution in [1.82, 2.24) is 0 Å². The Balaban J connectivity index is 1.36. The average molecular weight is 589 g/mol. The minimum Gasteiger partial charge on any atom is -0.454 e. The molecule has 2 aliphatic carbocycles. The molecule has 6 atom stereocenters. The van der Waals surface area contributed by atoms with Gasteiger partial charge < -0.3 is 4.74 Å². The van der Waals surface area contributed by atoms with Crippen molar-refractivity contribution in [2.24, 2.45) is 23.7 Å². The van der Waals surface area contributed by atoms with E-state index in [4.69, 9.17) is 4.74 Å². The summed E-state index contributed by atoms with van der Waals surface area (Å²) >= 11 is 7.37. The van der Waals surface area contributed by atoms with Gasteiger partial charge in [-0.2, -0.15) is 0 Å². The fourth-order valence-corrected chi connectivity index (χ4v) is 7.51. The highest BCUT2D eigenvalue weighted by molar-refractivity contribution is 9.12. The number of carbonyl (C=O) groups is 4. The number of alkyl halides is 2. The summed E-state index contributed by atoms with van der Waals surface area (Å²) in [7, 11) is 0. The first kappa shape index (κ1) is 23.4. The van der Waals surface area contributed by atoms with E-state index < -0.39 is 12.6 Å². The number of halogens is 2. The second-order valence-electron chi connectivity index (χ2n) is 9.33. The molecule has 2 aromatic rings. The van der Waals surface area contributed by atoms with E-state index in [0.717, 1.165) is 22.4 Å². The number of amides is 2. The number of ketones is 1. The number of rotatable bonds is 5. The third-order valence-corrected chi connectivity index (χ3v) is 10.7. The summed E-state index contributed by atoms with van der Waals surface area (Å²) in [5.74, 6) is -2.20. The van der Waals surface area contributed by atoms with Crippen molar-refractivity contribution in [3.63, 3.8) is 0 Å². The number of aryl methyl sites for hydroxylation is 2. The van der Waals surface area contributed by atoms with Crippen molar-refractivity contribution in [2.75, 3.05) is 11.5 Å². The number of nitrogens with zero attached hydrogens (tertiary/aromatic N) is 1. The lowest BCUT2D eigenvalue weighted by atomic mass is 9.81. The molecule has 2 bridgehead atoms. The van der Waals surface area contributed by atoms with Crippen LogP contribution in [0, 0.1) is 37.5 Å². The largest absolute Gasteiger partial charge is 0.454 e. The molecule has 1 aliphatic heterocycles. The smallest absolute Gasteiger partial charge is 0.340 e. The van der Waals surface area contributed by atoms with Gasteiger partial charge in [-0.15, -0.1) is 0 Å². The molecule has 5 rings (SSSR count). The Morgan fingerprint density at radius 3 is 2.18 bits per heavy atom. The maximum Gasteiger partial charge on any atom is 0.340 e. The molecular weight excluding hydrogens is 566 g/mol. The highest BCUT2D eigenvalue weighted by atomic mass is 79.9. The van der Waals surface area contributed by atoms with Crippen molar-refractivity contribution < 1.29 is 23.9 Å². The maximum absolute atomic E-state index is 13.4. The minimum atomic E-state index is -0.745. The molecule has 176 valence electrons. The molecule has 3 fully saturated rings. The third-order valence-electron chi connectivity index (χ3n) is 7.52. The lowest BCUT2D eigenvalue weighted by Crippen LogP contribution is -2.37. The van der Waals surface area contributed by atoms with Crippen LogP contribution in [0.1, 0.15) is 38.3 Å². The van der Waals surface area contributed by atoms with Crippen LogP contribution in [0.4, 0.5) is 5.69 Å². The van der Waals surface area contributed by atoms with Gasteiger partial charge in [0, 0.05) is 15.2 Å². The lowest BCUT2D eigenvalue weighted by molar-refractivity contribution is -0.123. The Kier molecular flexibility index (Phi) is 6.01. The molecule has 0 radical (unpaired) electrons. The van der Waals surface area contributed by atoms with Gasteiger partial charge in [-0.05, 0) is 61.4 Å². The van der Waals surface area contributed by atoms with Crippen LogP contribution >= 0.6 is 31.9 Å². The molecule has 6 nitrogen and oxygen atoms in total. The average Bonchev–Trinajstić information content (AvgIpc) is 3.43. The van der Waals surface area contributed by atoms with Crippen LogP contribution < -0.4 is 4.90 Å². The third kappa shape index (κ3) is 3.57. The van der Waals surface area contributed by atoms with Crippen molar-refractivity contribution in [1.29, 1.82) is 0 Å². The van der Waals surface area contributed by atoms with Gasteiger partial charge in [-0.3, -0.25) is 14.4 Å². The van der Waals surface area contributed by atoms with Crippen molar-refractivity contribution in [2.45, 2.75) is 29.9 Å². The SMILES string of the molecule is Cc1ccc(C(=O)COC(=O)c2ccccc2N2C(=O)[C@@H]3[C@H]4C[C@H]([C@H](Br)[C@@H]4Br)[C@@H]3C2=O)cc1C.